The second kappa shape index (κ2) is 11.7. The lowest BCUT2D eigenvalue weighted by molar-refractivity contribution is -0.150. The number of rotatable bonds is 7. The zero-order valence-electron chi connectivity index (χ0n) is 28.5. The van der Waals surface area contributed by atoms with Crippen molar-refractivity contribution in [3.63, 3.8) is 0 Å². The maximum atomic E-state index is 14.7. The number of aliphatic hydroxyl groups is 1. The molecule has 5 atom stereocenters. The van der Waals surface area contributed by atoms with Gasteiger partial charge in [0, 0.05) is 41.2 Å². The normalized spacial score (nSPS) is 25.5. The lowest BCUT2D eigenvalue weighted by atomic mass is 9.82. The van der Waals surface area contributed by atoms with Crippen LogP contribution >= 0.6 is 0 Å². The van der Waals surface area contributed by atoms with Crippen LogP contribution in [-0.2, 0) is 32.9 Å². The molecule has 1 spiro atoms. The van der Waals surface area contributed by atoms with E-state index in [4.69, 9.17) is 4.74 Å². The van der Waals surface area contributed by atoms with Gasteiger partial charge in [0.05, 0.1) is 42.1 Å². The molecule has 2 N–H and O–H groups in total. The van der Waals surface area contributed by atoms with Crippen LogP contribution in [0, 0.1) is 5.92 Å². The van der Waals surface area contributed by atoms with Crippen molar-refractivity contribution in [3.8, 4) is 0 Å². The molecule has 0 radical (unpaired) electrons. The van der Waals surface area contributed by atoms with Gasteiger partial charge in [-0.1, -0.05) is 61.5 Å². The van der Waals surface area contributed by atoms with E-state index in [9.17, 15) is 24.3 Å². The number of benzene rings is 4. The Hall–Kier alpha value is -4.61. The molecular weight excluding hydrogens is 647 g/mol. The average molecular weight is 688 g/mol. The van der Waals surface area contributed by atoms with Crippen molar-refractivity contribution in [2.75, 3.05) is 23.0 Å². The molecule has 4 aromatic carbocycles. The molecule has 9 nitrogen and oxygen atoms in total. The highest BCUT2D eigenvalue weighted by atomic mass is 28.4. The van der Waals surface area contributed by atoms with Crippen LogP contribution in [0.25, 0.3) is 10.8 Å². The SMILES string of the molecule is C=CCN1C(=O)[C@@]2(O[C@@H](CC(=O)N3Cc4ccccc4C[C@H]3CO)[C@H]([Si](C)(C)O)[C@H]2C)c2cc(N3C(=O)c4cccc5cccc3c45)ccc21. The predicted octanol–water partition coefficient (Wildman–Crippen LogP) is 5.80. The molecule has 1 fully saturated rings. The summed E-state index contributed by atoms with van der Waals surface area (Å²) >= 11 is 0. The van der Waals surface area contributed by atoms with Gasteiger partial charge in [0.15, 0.2) is 13.9 Å². The molecule has 256 valence electrons. The van der Waals surface area contributed by atoms with E-state index in [0.29, 0.717) is 35.5 Å². The summed E-state index contributed by atoms with van der Waals surface area (Å²) in [5, 5.41) is 12.2. The molecule has 50 heavy (non-hydrogen) atoms. The summed E-state index contributed by atoms with van der Waals surface area (Å²) in [6.45, 7) is 9.95. The van der Waals surface area contributed by atoms with Crippen LogP contribution in [0.3, 0.4) is 0 Å². The van der Waals surface area contributed by atoms with Crippen molar-refractivity contribution < 1.29 is 29.0 Å². The molecule has 0 bridgehead atoms. The highest BCUT2D eigenvalue weighted by Crippen LogP contribution is 2.60. The van der Waals surface area contributed by atoms with Gasteiger partial charge in [-0.25, -0.2) is 0 Å². The van der Waals surface area contributed by atoms with Crippen molar-refractivity contribution in [2.45, 2.75) is 62.7 Å². The van der Waals surface area contributed by atoms with Gasteiger partial charge in [-0.05, 0) is 66.4 Å². The topological polar surface area (TPSA) is 111 Å². The van der Waals surface area contributed by atoms with Crippen molar-refractivity contribution >= 4 is 53.9 Å². The van der Waals surface area contributed by atoms with Gasteiger partial charge in [0.25, 0.3) is 11.8 Å². The fraction of sp³-hybridized carbons (Fsp3) is 0.325. The summed E-state index contributed by atoms with van der Waals surface area (Å²) in [6, 6.07) is 24.7. The van der Waals surface area contributed by atoms with Crippen LogP contribution in [0.1, 0.15) is 40.4 Å². The summed E-state index contributed by atoms with van der Waals surface area (Å²) < 4.78 is 6.98. The average Bonchev–Trinajstić information content (AvgIpc) is 3.65. The molecule has 0 aliphatic carbocycles. The van der Waals surface area contributed by atoms with Crippen LogP contribution in [0.15, 0.2) is 91.5 Å². The largest absolute Gasteiger partial charge is 0.432 e. The Kier molecular flexibility index (Phi) is 7.65. The van der Waals surface area contributed by atoms with Crippen LogP contribution in [0.4, 0.5) is 17.1 Å². The molecule has 0 unspecified atom stereocenters. The maximum absolute atomic E-state index is 14.7. The number of fused-ring (bicyclic) bond motifs is 3. The van der Waals surface area contributed by atoms with Crippen LogP contribution in [0.5, 0.6) is 0 Å². The molecular formula is C40H41N3O6Si. The minimum atomic E-state index is -3.06. The maximum Gasteiger partial charge on any atom is 0.264 e. The van der Waals surface area contributed by atoms with E-state index in [1.807, 2.05) is 98.9 Å². The van der Waals surface area contributed by atoms with Crippen molar-refractivity contribution in [1.82, 2.24) is 4.90 Å². The van der Waals surface area contributed by atoms with Crippen molar-refractivity contribution in [1.29, 1.82) is 0 Å². The minimum absolute atomic E-state index is 0.0436. The van der Waals surface area contributed by atoms with Gasteiger partial charge in [0.2, 0.25) is 5.91 Å². The number of carbonyl (C=O) groups excluding carboxylic acids is 3. The lowest BCUT2D eigenvalue weighted by Crippen LogP contribution is -2.48. The Balaban J connectivity index is 1.20. The summed E-state index contributed by atoms with van der Waals surface area (Å²) in [4.78, 5) is 59.7. The third-order valence-electron chi connectivity index (χ3n) is 11.4. The number of amides is 3. The number of anilines is 3. The van der Waals surface area contributed by atoms with Crippen molar-refractivity contribution in [3.05, 3.63) is 114 Å². The molecule has 4 aliphatic heterocycles. The Morgan fingerprint density at radius 1 is 1.02 bits per heavy atom. The highest BCUT2D eigenvalue weighted by Gasteiger charge is 2.66. The number of ether oxygens (including phenoxy) is 1. The minimum Gasteiger partial charge on any atom is -0.432 e. The van der Waals surface area contributed by atoms with Gasteiger partial charge in [0.1, 0.15) is 0 Å². The first-order valence-corrected chi connectivity index (χ1v) is 20.3. The fourth-order valence-corrected chi connectivity index (χ4v) is 11.8. The molecule has 0 saturated carbocycles. The van der Waals surface area contributed by atoms with E-state index in [1.165, 1.54) is 0 Å². The van der Waals surface area contributed by atoms with E-state index in [-0.39, 0.29) is 43.3 Å². The first-order chi connectivity index (χ1) is 24.0. The summed E-state index contributed by atoms with van der Waals surface area (Å²) in [5.41, 5.74) is 3.47. The second-order valence-corrected chi connectivity index (χ2v) is 18.6. The van der Waals surface area contributed by atoms with E-state index in [0.717, 1.165) is 27.6 Å². The van der Waals surface area contributed by atoms with Crippen LogP contribution in [-0.4, -0.2) is 66.1 Å². The Bertz CT molecular complexity index is 2090. The molecule has 4 heterocycles. The zero-order valence-corrected chi connectivity index (χ0v) is 29.5. The van der Waals surface area contributed by atoms with E-state index >= 15 is 0 Å². The smallest absolute Gasteiger partial charge is 0.264 e. The zero-order chi connectivity index (χ0) is 35.1. The molecule has 3 amide bonds. The quantitative estimate of drug-likeness (QED) is 0.188. The van der Waals surface area contributed by atoms with E-state index < -0.39 is 31.5 Å². The number of carbonyl (C=O) groups is 3. The van der Waals surface area contributed by atoms with Gasteiger partial charge in [-0.15, -0.1) is 6.58 Å². The van der Waals surface area contributed by atoms with E-state index in [2.05, 4.69) is 6.58 Å². The van der Waals surface area contributed by atoms with Crippen molar-refractivity contribution in [2.24, 2.45) is 5.92 Å². The molecule has 4 aromatic rings. The third kappa shape index (κ3) is 4.66. The summed E-state index contributed by atoms with van der Waals surface area (Å²) in [6.07, 6.45) is 1.42. The molecule has 8 rings (SSSR count). The van der Waals surface area contributed by atoms with Gasteiger partial charge in [-0.2, -0.15) is 0 Å². The van der Waals surface area contributed by atoms with Gasteiger partial charge in [-0.3, -0.25) is 19.3 Å². The first kappa shape index (κ1) is 32.6. The molecule has 1 saturated heterocycles. The Morgan fingerprint density at radius 3 is 2.48 bits per heavy atom. The van der Waals surface area contributed by atoms with Gasteiger partial charge < -0.3 is 24.4 Å². The summed E-state index contributed by atoms with van der Waals surface area (Å²) in [7, 11) is -3.06. The first-order valence-electron chi connectivity index (χ1n) is 17.3. The lowest BCUT2D eigenvalue weighted by Gasteiger charge is -2.37. The molecule has 10 heteroatoms. The standard InChI is InChI=1S/C40H41N3O6Si/c1-5-18-41-32-17-16-28(43-33-15-9-13-25-12-8-14-30(36(25)33)38(43)46)20-31(32)40(39(41)47)24(2)37(50(3,4)48)34(49-40)21-35(45)42-22-27-11-7-6-10-26(27)19-29(42)23-44/h5-17,20,24,29,34,37,44,48H,1,18-19,21-23H2,2-4H3/t24-,29+,34+,37-,40+/m1/s1. The monoisotopic (exact) mass is 687 g/mol. The molecule has 0 aromatic heterocycles. The Labute approximate surface area is 292 Å². The predicted molar refractivity (Wildman–Crippen MR) is 195 cm³/mol. The number of hydrogen-bond donors (Lipinski definition) is 2. The number of nitrogens with zero attached hydrogens (tertiary/aromatic N) is 3. The fourth-order valence-electron chi connectivity index (χ4n) is 9.22. The van der Waals surface area contributed by atoms with E-state index in [1.54, 1.807) is 20.8 Å². The molecule has 4 aliphatic rings. The Morgan fingerprint density at radius 2 is 1.76 bits per heavy atom. The number of aliphatic hydroxyl groups excluding tert-OH is 1. The third-order valence-corrected chi connectivity index (χ3v) is 13.9. The van der Waals surface area contributed by atoms with Crippen LogP contribution in [0.2, 0.25) is 18.6 Å². The second-order valence-electron chi connectivity index (χ2n) is 14.6. The van der Waals surface area contributed by atoms with Crippen LogP contribution < -0.4 is 9.80 Å². The van der Waals surface area contributed by atoms with Gasteiger partial charge >= 0.3 is 0 Å². The number of hydrogen-bond acceptors (Lipinski definition) is 6. The highest BCUT2D eigenvalue weighted by molar-refractivity contribution is 6.71. The summed E-state index contributed by atoms with van der Waals surface area (Å²) in [5.74, 6) is -1.10.